The van der Waals surface area contributed by atoms with Gasteiger partial charge in [-0.05, 0) is 43.0 Å². The first kappa shape index (κ1) is 18.2. The molecule has 1 aliphatic heterocycles. The summed E-state index contributed by atoms with van der Waals surface area (Å²) in [6.07, 6.45) is 13.3. The topological polar surface area (TPSA) is 83.9 Å². The summed E-state index contributed by atoms with van der Waals surface area (Å²) in [6.45, 7) is 0.739. The molecular formula is C20H20N6OS. The van der Waals surface area contributed by atoms with Gasteiger partial charge < -0.3 is 10.2 Å². The van der Waals surface area contributed by atoms with E-state index >= 15 is 0 Å². The van der Waals surface area contributed by atoms with E-state index in [-0.39, 0.29) is 11.9 Å². The van der Waals surface area contributed by atoms with Gasteiger partial charge in [0.15, 0.2) is 5.13 Å². The second-order valence-electron chi connectivity index (χ2n) is 6.44. The van der Waals surface area contributed by atoms with Crippen molar-refractivity contribution in [2.45, 2.75) is 25.3 Å². The highest BCUT2D eigenvalue weighted by atomic mass is 32.1. The summed E-state index contributed by atoms with van der Waals surface area (Å²) in [5.41, 5.74) is 1.82. The number of rotatable bonds is 5. The maximum absolute atomic E-state index is 12.8. The van der Waals surface area contributed by atoms with Crippen molar-refractivity contribution < 1.29 is 4.79 Å². The van der Waals surface area contributed by atoms with Crippen LogP contribution in [-0.2, 0) is 4.79 Å². The van der Waals surface area contributed by atoms with Gasteiger partial charge in [-0.3, -0.25) is 9.78 Å². The summed E-state index contributed by atoms with van der Waals surface area (Å²) in [6, 6.07) is 5.54. The second-order valence-corrected chi connectivity index (χ2v) is 7.30. The van der Waals surface area contributed by atoms with E-state index in [9.17, 15) is 4.79 Å². The van der Waals surface area contributed by atoms with Crippen LogP contribution in [0.4, 0.5) is 11.1 Å². The van der Waals surface area contributed by atoms with E-state index < -0.39 is 0 Å². The third kappa shape index (κ3) is 4.40. The molecule has 142 valence electrons. The third-order valence-corrected chi connectivity index (χ3v) is 5.31. The molecule has 8 heteroatoms. The van der Waals surface area contributed by atoms with Crippen molar-refractivity contribution in [1.82, 2.24) is 24.8 Å². The molecule has 1 amide bonds. The van der Waals surface area contributed by atoms with E-state index in [4.69, 9.17) is 0 Å². The standard InChI is InChI=1S/C20H20N6OS/c27-18(8-7-15-5-3-9-21-13-15)26-12-2-1-6-17(26)16-14-28-20(24-16)25-19-22-10-4-11-23-19/h3-5,7-11,13-14,17H,1-2,6,12H2,(H,22,23,24,25)/b8-7+. The molecule has 1 saturated heterocycles. The summed E-state index contributed by atoms with van der Waals surface area (Å²) in [4.78, 5) is 31.8. The number of likely N-dealkylation sites (tertiary alicyclic amines) is 1. The van der Waals surface area contributed by atoms with Gasteiger partial charge in [0, 0.05) is 42.8 Å². The number of aromatic nitrogens is 4. The Hall–Kier alpha value is -3.13. The zero-order valence-corrected chi connectivity index (χ0v) is 16.0. The Morgan fingerprint density at radius 2 is 2.11 bits per heavy atom. The fraction of sp³-hybridized carbons (Fsp3) is 0.250. The highest BCUT2D eigenvalue weighted by molar-refractivity contribution is 7.13. The van der Waals surface area contributed by atoms with E-state index in [1.54, 1.807) is 36.9 Å². The molecule has 3 aromatic rings. The van der Waals surface area contributed by atoms with Gasteiger partial charge in [0.1, 0.15) is 0 Å². The predicted octanol–water partition coefficient (Wildman–Crippen LogP) is 3.84. The number of anilines is 2. The molecule has 1 N–H and O–H groups in total. The van der Waals surface area contributed by atoms with Gasteiger partial charge in [0.25, 0.3) is 0 Å². The van der Waals surface area contributed by atoms with E-state index in [0.717, 1.165) is 42.2 Å². The first-order valence-electron chi connectivity index (χ1n) is 9.18. The van der Waals surface area contributed by atoms with Gasteiger partial charge in [-0.15, -0.1) is 11.3 Å². The molecule has 4 rings (SSSR count). The fourth-order valence-electron chi connectivity index (χ4n) is 3.20. The summed E-state index contributed by atoms with van der Waals surface area (Å²) in [5.74, 6) is 0.516. The number of piperidine rings is 1. The zero-order valence-electron chi connectivity index (χ0n) is 15.2. The molecule has 4 heterocycles. The van der Waals surface area contributed by atoms with Gasteiger partial charge in [0.2, 0.25) is 11.9 Å². The summed E-state index contributed by atoms with van der Waals surface area (Å²) >= 11 is 1.50. The molecule has 1 unspecified atom stereocenters. The van der Waals surface area contributed by atoms with Crippen LogP contribution >= 0.6 is 11.3 Å². The Morgan fingerprint density at radius 3 is 2.93 bits per heavy atom. The Balaban J connectivity index is 1.48. The molecule has 1 fully saturated rings. The van der Waals surface area contributed by atoms with Crippen molar-refractivity contribution in [2.75, 3.05) is 11.9 Å². The van der Waals surface area contributed by atoms with Crippen LogP contribution in [0.2, 0.25) is 0 Å². The minimum atomic E-state index is -0.0108. The molecule has 28 heavy (non-hydrogen) atoms. The number of nitrogens with one attached hydrogen (secondary N) is 1. The van der Waals surface area contributed by atoms with Crippen molar-refractivity contribution >= 4 is 34.4 Å². The number of hydrogen-bond acceptors (Lipinski definition) is 7. The molecule has 7 nitrogen and oxygen atoms in total. The zero-order chi connectivity index (χ0) is 19.2. The van der Waals surface area contributed by atoms with Gasteiger partial charge in [0.05, 0.1) is 11.7 Å². The Bertz CT molecular complexity index is 944. The molecule has 0 aliphatic carbocycles. The average molecular weight is 392 g/mol. The lowest BCUT2D eigenvalue weighted by molar-refractivity contribution is -0.129. The molecule has 0 radical (unpaired) electrons. The quantitative estimate of drug-likeness (QED) is 0.664. The first-order chi connectivity index (χ1) is 13.8. The second kappa shape index (κ2) is 8.71. The average Bonchev–Trinajstić information content (AvgIpc) is 3.22. The highest BCUT2D eigenvalue weighted by Gasteiger charge is 2.28. The lowest BCUT2D eigenvalue weighted by Gasteiger charge is -2.34. The van der Waals surface area contributed by atoms with Crippen LogP contribution in [0.15, 0.2) is 54.4 Å². The molecule has 0 bridgehead atoms. The van der Waals surface area contributed by atoms with Crippen molar-refractivity contribution in [3.63, 3.8) is 0 Å². The van der Waals surface area contributed by atoms with Gasteiger partial charge in [-0.25, -0.2) is 15.0 Å². The number of thiazole rings is 1. The van der Waals surface area contributed by atoms with Crippen molar-refractivity contribution in [2.24, 2.45) is 0 Å². The number of carbonyl (C=O) groups excluding carboxylic acids is 1. The molecule has 0 aromatic carbocycles. The molecular weight excluding hydrogens is 372 g/mol. The van der Waals surface area contributed by atoms with Gasteiger partial charge >= 0.3 is 0 Å². The maximum Gasteiger partial charge on any atom is 0.247 e. The normalized spacial score (nSPS) is 17.0. The van der Waals surface area contributed by atoms with Crippen LogP contribution in [0, 0.1) is 0 Å². The Kier molecular flexibility index (Phi) is 5.67. The summed E-state index contributed by atoms with van der Waals surface area (Å²) in [7, 11) is 0. The van der Waals surface area contributed by atoms with E-state index in [0.29, 0.717) is 5.95 Å². The minimum absolute atomic E-state index is 0.00227. The first-order valence-corrected chi connectivity index (χ1v) is 10.1. The number of nitrogens with zero attached hydrogens (tertiary/aromatic N) is 5. The monoisotopic (exact) mass is 392 g/mol. The molecule has 0 spiro atoms. The number of pyridine rings is 1. The summed E-state index contributed by atoms with van der Waals surface area (Å²) in [5, 5.41) is 5.85. The van der Waals surface area contributed by atoms with Crippen LogP contribution in [-0.4, -0.2) is 37.3 Å². The summed E-state index contributed by atoms with van der Waals surface area (Å²) < 4.78 is 0. The molecule has 1 atom stereocenters. The highest BCUT2D eigenvalue weighted by Crippen LogP contribution is 2.33. The Labute approximate surface area is 167 Å². The van der Waals surface area contributed by atoms with Crippen LogP contribution in [0.5, 0.6) is 0 Å². The SMILES string of the molecule is O=C(/C=C/c1cccnc1)N1CCCCC1c1csc(Nc2ncccn2)n1. The molecule has 1 aliphatic rings. The van der Waals surface area contributed by atoms with Crippen molar-refractivity contribution in [3.05, 3.63) is 65.7 Å². The van der Waals surface area contributed by atoms with Crippen molar-refractivity contribution in [1.29, 1.82) is 0 Å². The lowest BCUT2D eigenvalue weighted by Crippen LogP contribution is -2.37. The number of hydrogen-bond donors (Lipinski definition) is 1. The van der Waals surface area contributed by atoms with Crippen LogP contribution in [0.3, 0.4) is 0 Å². The number of amides is 1. The van der Waals surface area contributed by atoms with E-state index in [1.807, 2.05) is 28.5 Å². The molecule has 3 aromatic heterocycles. The van der Waals surface area contributed by atoms with Crippen molar-refractivity contribution in [3.8, 4) is 0 Å². The van der Waals surface area contributed by atoms with E-state index in [2.05, 4.69) is 25.3 Å². The Morgan fingerprint density at radius 1 is 1.21 bits per heavy atom. The molecule has 0 saturated carbocycles. The predicted molar refractivity (Wildman–Crippen MR) is 109 cm³/mol. The largest absolute Gasteiger partial charge is 0.331 e. The van der Waals surface area contributed by atoms with E-state index in [1.165, 1.54) is 11.3 Å². The number of carbonyl (C=O) groups is 1. The smallest absolute Gasteiger partial charge is 0.247 e. The van der Waals surface area contributed by atoms with Crippen LogP contribution in [0.1, 0.15) is 36.6 Å². The maximum atomic E-state index is 12.8. The third-order valence-electron chi connectivity index (χ3n) is 4.54. The van der Waals surface area contributed by atoms with Gasteiger partial charge in [-0.1, -0.05) is 6.07 Å². The van der Waals surface area contributed by atoms with Crippen LogP contribution < -0.4 is 5.32 Å². The lowest BCUT2D eigenvalue weighted by atomic mass is 9.99. The fourth-order valence-corrected chi connectivity index (χ4v) is 3.95. The van der Waals surface area contributed by atoms with Gasteiger partial charge in [-0.2, -0.15) is 0 Å². The van der Waals surface area contributed by atoms with Crippen LogP contribution in [0.25, 0.3) is 6.08 Å². The minimum Gasteiger partial charge on any atom is -0.331 e.